The normalized spacial score (nSPS) is 8.75. The van der Waals surface area contributed by atoms with Crippen molar-refractivity contribution in [2.24, 2.45) is 0 Å². The van der Waals surface area contributed by atoms with Gasteiger partial charge in [-0.05, 0) is 18.6 Å². The van der Waals surface area contributed by atoms with E-state index in [2.05, 4.69) is 17.8 Å². The molecule has 0 unspecified atom stereocenters. The van der Waals surface area contributed by atoms with Crippen LogP contribution in [0.15, 0.2) is 30.3 Å². The fourth-order valence-electron chi connectivity index (χ4n) is 0.897. The fourth-order valence-corrected chi connectivity index (χ4v) is 0.897. The van der Waals surface area contributed by atoms with Gasteiger partial charge in [-0.15, -0.1) is 0 Å². The van der Waals surface area contributed by atoms with Crippen LogP contribution < -0.4 is 0 Å². The Labute approximate surface area is 73.9 Å². The second-order valence-corrected chi connectivity index (χ2v) is 2.71. The summed E-state index contributed by atoms with van der Waals surface area (Å²) in [5.41, 5.74) is 1.06. The SMILES string of the molecule is CCCC[N+]#Cc1ccccc1. The highest BCUT2D eigenvalue weighted by Gasteiger charge is 1.91. The van der Waals surface area contributed by atoms with Crippen molar-refractivity contribution in [3.63, 3.8) is 0 Å². The van der Waals surface area contributed by atoms with E-state index in [0.29, 0.717) is 0 Å². The van der Waals surface area contributed by atoms with Gasteiger partial charge in [-0.3, -0.25) is 0 Å². The lowest BCUT2D eigenvalue weighted by atomic mass is 10.2. The minimum Gasteiger partial charge on any atom is -0.0780 e. The van der Waals surface area contributed by atoms with Gasteiger partial charge in [-0.2, -0.15) is 0 Å². The molecule has 0 aromatic heterocycles. The number of benzene rings is 1. The molecular weight excluding hydrogens is 146 g/mol. The van der Waals surface area contributed by atoms with Crippen LogP contribution in [0, 0.1) is 6.07 Å². The molecular formula is C11H14N+. The smallest absolute Gasteiger partial charge is 0.0780 e. The Kier molecular flexibility index (Phi) is 3.94. The van der Waals surface area contributed by atoms with Gasteiger partial charge in [-0.1, -0.05) is 30.0 Å². The first kappa shape index (κ1) is 8.80. The highest BCUT2D eigenvalue weighted by Crippen LogP contribution is 1.96. The van der Waals surface area contributed by atoms with E-state index in [1.165, 1.54) is 6.42 Å². The number of hydrogen-bond acceptors (Lipinski definition) is 0. The molecule has 0 heterocycles. The van der Waals surface area contributed by atoms with E-state index < -0.39 is 0 Å². The third-order valence-electron chi connectivity index (χ3n) is 1.61. The maximum absolute atomic E-state index is 4.18. The molecule has 0 amide bonds. The van der Waals surface area contributed by atoms with Crippen LogP contribution in [0.3, 0.4) is 0 Å². The lowest BCUT2D eigenvalue weighted by molar-refractivity contribution is 0.859. The topological polar surface area (TPSA) is 4.36 Å². The molecule has 0 saturated heterocycles. The van der Waals surface area contributed by atoms with Crippen LogP contribution in [0.25, 0.3) is 4.85 Å². The molecule has 0 aliphatic rings. The average molecular weight is 160 g/mol. The van der Waals surface area contributed by atoms with Crippen LogP contribution >= 0.6 is 0 Å². The second-order valence-electron chi connectivity index (χ2n) is 2.71. The summed E-state index contributed by atoms with van der Waals surface area (Å²) in [4.78, 5) is 4.18. The van der Waals surface area contributed by atoms with E-state index >= 15 is 0 Å². The number of unbranched alkanes of at least 4 members (excludes halogenated alkanes) is 1. The van der Waals surface area contributed by atoms with Crippen molar-refractivity contribution in [1.82, 2.24) is 0 Å². The molecule has 1 aromatic carbocycles. The van der Waals surface area contributed by atoms with Gasteiger partial charge < -0.3 is 0 Å². The minimum atomic E-state index is 0.894. The molecule has 0 bridgehead atoms. The predicted molar refractivity (Wildman–Crippen MR) is 52.6 cm³/mol. The first-order chi connectivity index (χ1) is 5.93. The zero-order valence-corrected chi connectivity index (χ0v) is 7.46. The van der Waals surface area contributed by atoms with E-state index in [9.17, 15) is 0 Å². The summed E-state index contributed by atoms with van der Waals surface area (Å²) in [6, 6.07) is 13.0. The summed E-state index contributed by atoms with van der Waals surface area (Å²) < 4.78 is 0. The molecule has 0 radical (unpaired) electrons. The summed E-state index contributed by atoms with van der Waals surface area (Å²) in [6.45, 7) is 3.06. The van der Waals surface area contributed by atoms with E-state index in [0.717, 1.165) is 18.5 Å². The molecule has 0 fully saturated rings. The van der Waals surface area contributed by atoms with Gasteiger partial charge in [0.25, 0.3) is 6.54 Å². The van der Waals surface area contributed by atoms with Crippen LogP contribution in [0.4, 0.5) is 0 Å². The second kappa shape index (κ2) is 5.37. The molecule has 0 spiro atoms. The van der Waals surface area contributed by atoms with Gasteiger partial charge in [0.2, 0.25) is 0 Å². The molecule has 1 heteroatoms. The fraction of sp³-hybridized carbons (Fsp3) is 0.364. The highest BCUT2D eigenvalue weighted by atomic mass is 14.6. The third kappa shape index (κ3) is 3.21. The number of rotatable bonds is 2. The number of hydrogen-bond donors (Lipinski definition) is 0. The van der Waals surface area contributed by atoms with E-state index in [1.807, 2.05) is 30.3 Å². The Morgan fingerprint density at radius 2 is 2.00 bits per heavy atom. The third-order valence-corrected chi connectivity index (χ3v) is 1.61. The van der Waals surface area contributed by atoms with Gasteiger partial charge in [-0.25, -0.2) is 0 Å². The van der Waals surface area contributed by atoms with Crippen LogP contribution in [0.5, 0.6) is 0 Å². The molecule has 0 N–H and O–H groups in total. The Morgan fingerprint density at radius 1 is 1.25 bits per heavy atom. The van der Waals surface area contributed by atoms with Gasteiger partial charge in [0, 0.05) is 6.42 Å². The minimum absolute atomic E-state index is 0.894. The molecule has 1 nitrogen and oxygen atoms in total. The van der Waals surface area contributed by atoms with Gasteiger partial charge in [0.1, 0.15) is 5.56 Å². The van der Waals surface area contributed by atoms with Crippen molar-refractivity contribution < 1.29 is 0 Å². The monoisotopic (exact) mass is 160 g/mol. The van der Waals surface area contributed by atoms with Crippen molar-refractivity contribution >= 4 is 0 Å². The van der Waals surface area contributed by atoms with Gasteiger partial charge in [0.05, 0.1) is 0 Å². The average Bonchev–Trinajstić information content (AvgIpc) is 2.14. The van der Waals surface area contributed by atoms with E-state index in [4.69, 9.17) is 0 Å². The Balaban J connectivity index is 2.44. The quantitative estimate of drug-likeness (QED) is 0.585. The first-order valence-electron chi connectivity index (χ1n) is 4.41. The maximum atomic E-state index is 4.18. The number of nitrogens with zero attached hydrogens (tertiary/aromatic N) is 1. The lowest BCUT2D eigenvalue weighted by Crippen LogP contribution is -1.74. The summed E-state index contributed by atoms with van der Waals surface area (Å²) in [6.07, 6.45) is 2.35. The largest absolute Gasteiger partial charge is 0.311 e. The first-order valence-corrected chi connectivity index (χ1v) is 4.41. The lowest BCUT2D eigenvalue weighted by Gasteiger charge is -1.79. The summed E-state index contributed by atoms with van der Waals surface area (Å²) in [5.74, 6) is 0. The van der Waals surface area contributed by atoms with E-state index in [-0.39, 0.29) is 0 Å². The molecule has 62 valence electrons. The molecule has 0 aliphatic heterocycles. The van der Waals surface area contributed by atoms with Gasteiger partial charge >= 0.3 is 6.07 Å². The standard InChI is InChI=1S/C11H14N/c1-2-3-9-12-10-11-7-5-4-6-8-11/h4-8H,2-3,9H2,1H3/q+1. The molecule has 1 aromatic rings. The van der Waals surface area contributed by atoms with Crippen molar-refractivity contribution in [3.8, 4) is 6.07 Å². The maximum Gasteiger partial charge on any atom is 0.311 e. The summed E-state index contributed by atoms with van der Waals surface area (Å²) in [5, 5.41) is 0. The molecule has 0 saturated carbocycles. The van der Waals surface area contributed by atoms with E-state index in [1.54, 1.807) is 0 Å². The van der Waals surface area contributed by atoms with Crippen LogP contribution in [0.2, 0.25) is 0 Å². The van der Waals surface area contributed by atoms with Crippen molar-refractivity contribution in [2.75, 3.05) is 6.54 Å². The van der Waals surface area contributed by atoms with Gasteiger partial charge in [0.15, 0.2) is 0 Å². The zero-order valence-electron chi connectivity index (χ0n) is 7.46. The Bertz CT molecular complexity index is 266. The van der Waals surface area contributed by atoms with Crippen LogP contribution in [-0.2, 0) is 0 Å². The zero-order chi connectivity index (χ0) is 8.65. The van der Waals surface area contributed by atoms with Crippen LogP contribution in [-0.4, -0.2) is 6.54 Å². The predicted octanol–water partition coefficient (Wildman–Crippen LogP) is 3.17. The summed E-state index contributed by atoms with van der Waals surface area (Å²) in [7, 11) is 0. The molecule has 0 atom stereocenters. The molecule has 0 aliphatic carbocycles. The van der Waals surface area contributed by atoms with Crippen molar-refractivity contribution in [2.45, 2.75) is 19.8 Å². The highest BCUT2D eigenvalue weighted by molar-refractivity contribution is 5.30. The van der Waals surface area contributed by atoms with Crippen molar-refractivity contribution in [3.05, 3.63) is 40.7 Å². The van der Waals surface area contributed by atoms with Crippen LogP contribution in [0.1, 0.15) is 25.3 Å². The Morgan fingerprint density at radius 3 is 2.67 bits per heavy atom. The summed E-state index contributed by atoms with van der Waals surface area (Å²) >= 11 is 0. The van der Waals surface area contributed by atoms with Crippen molar-refractivity contribution in [1.29, 1.82) is 0 Å². The molecule has 1 rings (SSSR count). The molecule has 12 heavy (non-hydrogen) atoms. The Hall–Kier alpha value is -1.29.